The van der Waals surface area contributed by atoms with Crippen LogP contribution in [0.2, 0.25) is 0 Å². The lowest BCUT2D eigenvalue weighted by Crippen LogP contribution is -2.41. The quantitative estimate of drug-likeness (QED) is 0.861. The zero-order valence-electron chi connectivity index (χ0n) is 12.5. The molecule has 1 aromatic carbocycles. The van der Waals surface area contributed by atoms with Gasteiger partial charge in [0, 0.05) is 22.7 Å². The Morgan fingerprint density at radius 3 is 2.57 bits per heavy atom. The molecule has 0 saturated heterocycles. The first-order chi connectivity index (χ1) is 10.1. The topological polar surface area (TPSA) is 66.6 Å². The van der Waals surface area contributed by atoms with E-state index in [0.717, 1.165) is 22.9 Å². The zero-order chi connectivity index (χ0) is 15.4. The van der Waals surface area contributed by atoms with E-state index >= 15 is 0 Å². The number of hydrogen-bond donors (Lipinski definition) is 2. The van der Waals surface area contributed by atoms with Gasteiger partial charge in [0.1, 0.15) is 4.88 Å². The van der Waals surface area contributed by atoms with E-state index in [4.69, 9.17) is 5.73 Å². The summed E-state index contributed by atoms with van der Waals surface area (Å²) in [5, 5.41) is 10.2. The number of nitrogen functional groups attached to an aromatic ring is 1. The van der Waals surface area contributed by atoms with Crippen LogP contribution >= 0.6 is 11.3 Å². The van der Waals surface area contributed by atoms with Crippen LogP contribution in [-0.4, -0.2) is 35.1 Å². The molecular weight excluding hydrogens is 284 g/mol. The van der Waals surface area contributed by atoms with E-state index in [9.17, 15) is 9.90 Å². The Morgan fingerprint density at radius 1 is 1.33 bits per heavy atom. The number of nitrogens with two attached hydrogens (primary N) is 1. The van der Waals surface area contributed by atoms with Gasteiger partial charge in [-0.25, -0.2) is 0 Å². The first kappa shape index (κ1) is 15.8. The molecular formula is C16H22N2O2S. The number of carbonyl (C=O) groups is 1. The fourth-order valence-electron chi connectivity index (χ4n) is 2.64. The largest absolute Gasteiger partial charge is 0.397 e. The van der Waals surface area contributed by atoms with Crippen molar-refractivity contribution in [2.24, 2.45) is 0 Å². The van der Waals surface area contributed by atoms with Gasteiger partial charge >= 0.3 is 0 Å². The molecule has 0 atom stereocenters. The average Bonchev–Trinajstić information content (AvgIpc) is 2.84. The van der Waals surface area contributed by atoms with Crippen molar-refractivity contribution in [2.75, 3.05) is 18.9 Å². The van der Waals surface area contributed by atoms with Gasteiger partial charge in [0.25, 0.3) is 5.91 Å². The molecule has 1 heterocycles. The van der Waals surface area contributed by atoms with Crippen LogP contribution in [0.1, 0.15) is 36.4 Å². The Labute approximate surface area is 129 Å². The third-order valence-electron chi connectivity index (χ3n) is 3.81. The van der Waals surface area contributed by atoms with E-state index in [-0.39, 0.29) is 18.6 Å². The standard InChI is InChI=1S/C16H22N2O2S/c1-3-11(4-2)18(9-10-19)16(20)15-14(17)12-7-5-6-8-13(12)21-15/h5-8,11,19H,3-4,9-10,17H2,1-2H3. The molecule has 3 N–H and O–H groups in total. The molecule has 0 spiro atoms. The average molecular weight is 306 g/mol. The maximum atomic E-state index is 12.8. The van der Waals surface area contributed by atoms with Crippen LogP contribution in [0.5, 0.6) is 0 Å². The van der Waals surface area contributed by atoms with E-state index in [1.54, 1.807) is 4.90 Å². The number of aliphatic hydroxyl groups is 1. The Bertz CT molecular complexity index is 620. The molecule has 0 bridgehead atoms. The molecule has 2 rings (SSSR count). The Kier molecular flexibility index (Phi) is 5.20. The van der Waals surface area contributed by atoms with Crippen molar-refractivity contribution >= 4 is 33.0 Å². The van der Waals surface area contributed by atoms with Crippen LogP contribution < -0.4 is 5.73 Å². The highest BCUT2D eigenvalue weighted by molar-refractivity contribution is 7.21. The fourth-order valence-corrected chi connectivity index (χ4v) is 3.72. The van der Waals surface area contributed by atoms with Crippen LogP contribution in [0.3, 0.4) is 0 Å². The second-order valence-corrected chi connectivity index (χ2v) is 6.09. The molecule has 0 aliphatic rings. The third-order valence-corrected chi connectivity index (χ3v) is 4.99. The first-order valence-corrected chi connectivity index (χ1v) is 8.14. The molecule has 1 amide bonds. The van der Waals surface area contributed by atoms with Crippen LogP contribution in [0, 0.1) is 0 Å². The minimum atomic E-state index is -0.0727. The van der Waals surface area contributed by atoms with E-state index in [2.05, 4.69) is 13.8 Å². The highest BCUT2D eigenvalue weighted by Gasteiger charge is 2.25. The Balaban J connectivity index is 2.40. The van der Waals surface area contributed by atoms with Crippen molar-refractivity contribution in [3.63, 3.8) is 0 Å². The summed E-state index contributed by atoms with van der Waals surface area (Å²) >= 11 is 1.43. The van der Waals surface area contributed by atoms with Crippen LogP contribution in [0.4, 0.5) is 5.69 Å². The number of carbonyl (C=O) groups excluding carboxylic acids is 1. The summed E-state index contributed by atoms with van der Waals surface area (Å²) in [4.78, 5) is 15.2. The summed E-state index contributed by atoms with van der Waals surface area (Å²) in [7, 11) is 0. The van der Waals surface area contributed by atoms with Gasteiger partial charge in [0.2, 0.25) is 0 Å². The smallest absolute Gasteiger partial charge is 0.266 e. The summed E-state index contributed by atoms with van der Waals surface area (Å²) in [6.07, 6.45) is 1.74. The predicted octanol–water partition coefficient (Wildman–Crippen LogP) is 3.11. The molecule has 2 aromatic rings. The number of nitrogens with zero attached hydrogens (tertiary/aromatic N) is 1. The number of anilines is 1. The summed E-state index contributed by atoms with van der Waals surface area (Å²) in [6, 6.07) is 7.91. The highest BCUT2D eigenvalue weighted by atomic mass is 32.1. The molecule has 5 heteroatoms. The molecule has 0 radical (unpaired) electrons. The summed E-state index contributed by atoms with van der Waals surface area (Å²) in [6.45, 7) is 4.42. The van der Waals surface area contributed by atoms with E-state index in [1.165, 1.54) is 11.3 Å². The molecule has 114 valence electrons. The van der Waals surface area contributed by atoms with Crippen molar-refractivity contribution in [3.8, 4) is 0 Å². The number of fused-ring (bicyclic) bond motifs is 1. The normalized spacial score (nSPS) is 11.2. The highest BCUT2D eigenvalue weighted by Crippen LogP contribution is 2.34. The number of thiophene rings is 1. The van der Waals surface area contributed by atoms with Crippen molar-refractivity contribution in [1.29, 1.82) is 0 Å². The van der Waals surface area contributed by atoms with Gasteiger partial charge in [-0.05, 0) is 18.9 Å². The number of hydrogen-bond acceptors (Lipinski definition) is 4. The fraction of sp³-hybridized carbons (Fsp3) is 0.438. The molecule has 0 fully saturated rings. The van der Waals surface area contributed by atoms with Crippen molar-refractivity contribution in [3.05, 3.63) is 29.1 Å². The van der Waals surface area contributed by atoms with Crippen LogP contribution in [0.15, 0.2) is 24.3 Å². The lowest BCUT2D eigenvalue weighted by molar-refractivity contribution is 0.0628. The molecule has 0 aliphatic carbocycles. The van der Waals surface area contributed by atoms with Crippen LogP contribution in [-0.2, 0) is 0 Å². The van der Waals surface area contributed by atoms with Crippen molar-refractivity contribution < 1.29 is 9.90 Å². The maximum absolute atomic E-state index is 12.8. The van der Waals surface area contributed by atoms with E-state index < -0.39 is 0 Å². The summed E-state index contributed by atoms with van der Waals surface area (Å²) in [5.74, 6) is -0.0727. The first-order valence-electron chi connectivity index (χ1n) is 7.32. The molecule has 21 heavy (non-hydrogen) atoms. The minimum Gasteiger partial charge on any atom is -0.397 e. The van der Waals surface area contributed by atoms with Gasteiger partial charge in [0.15, 0.2) is 0 Å². The van der Waals surface area contributed by atoms with Gasteiger partial charge in [-0.3, -0.25) is 4.79 Å². The number of amides is 1. The second-order valence-electron chi connectivity index (χ2n) is 5.03. The monoisotopic (exact) mass is 306 g/mol. The minimum absolute atomic E-state index is 0.0347. The van der Waals surface area contributed by atoms with Crippen molar-refractivity contribution in [1.82, 2.24) is 4.90 Å². The third kappa shape index (κ3) is 3.04. The van der Waals surface area contributed by atoms with Gasteiger partial charge in [-0.2, -0.15) is 0 Å². The van der Waals surface area contributed by atoms with Gasteiger partial charge in [0.05, 0.1) is 12.3 Å². The number of rotatable bonds is 6. The molecule has 0 unspecified atom stereocenters. The maximum Gasteiger partial charge on any atom is 0.266 e. The number of benzene rings is 1. The van der Waals surface area contributed by atoms with E-state index in [1.807, 2.05) is 24.3 Å². The van der Waals surface area contributed by atoms with Gasteiger partial charge in [-0.1, -0.05) is 32.0 Å². The zero-order valence-corrected chi connectivity index (χ0v) is 13.3. The predicted molar refractivity (Wildman–Crippen MR) is 88.7 cm³/mol. The Morgan fingerprint density at radius 2 is 2.00 bits per heavy atom. The van der Waals surface area contributed by atoms with Crippen molar-refractivity contribution in [2.45, 2.75) is 32.7 Å². The lowest BCUT2D eigenvalue weighted by Gasteiger charge is -2.29. The van der Waals surface area contributed by atoms with E-state index in [0.29, 0.717) is 17.1 Å². The molecule has 0 aliphatic heterocycles. The summed E-state index contributed by atoms with van der Waals surface area (Å²) < 4.78 is 1.02. The molecule has 0 saturated carbocycles. The Hall–Kier alpha value is -1.59. The SMILES string of the molecule is CCC(CC)N(CCO)C(=O)c1sc2ccccc2c1N. The lowest BCUT2D eigenvalue weighted by atomic mass is 10.1. The molecule has 4 nitrogen and oxygen atoms in total. The second kappa shape index (κ2) is 6.91. The van der Waals surface area contributed by atoms with Crippen LogP contribution in [0.25, 0.3) is 10.1 Å². The van der Waals surface area contributed by atoms with Gasteiger partial charge < -0.3 is 15.7 Å². The van der Waals surface area contributed by atoms with Gasteiger partial charge in [-0.15, -0.1) is 11.3 Å². The molecule has 1 aromatic heterocycles. The number of aliphatic hydroxyl groups excluding tert-OH is 1. The summed E-state index contributed by atoms with van der Waals surface area (Å²) in [5.41, 5.74) is 6.71.